The Morgan fingerprint density at radius 3 is 2.22 bits per heavy atom. The summed E-state index contributed by atoms with van der Waals surface area (Å²) in [5.74, 6) is -0.734. The SMILES string of the molecule is COc1ccc(C(=O)O[C@@H](C)C(=O)NC(=O)NC(C)(C)C)c2ccccc12. The van der Waals surface area contributed by atoms with E-state index in [1.807, 2.05) is 12.1 Å². The number of amides is 3. The van der Waals surface area contributed by atoms with Crippen LogP contribution >= 0.6 is 0 Å². The first-order valence-electron chi connectivity index (χ1n) is 8.52. The van der Waals surface area contributed by atoms with Crippen LogP contribution in [0.1, 0.15) is 38.1 Å². The third-order valence-corrected chi connectivity index (χ3v) is 3.70. The van der Waals surface area contributed by atoms with E-state index in [0.717, 1.165) is 5.39 Å². The maximum Gasteiger partial charge on any atom is 0.339 e. The van der Waals surface area contributed by atoms with Crippen molar-refractivity contribution in [1.29, 1.82) is 0 Å². The number of urea groups is 1. The molecular weight excluding hydrogens is 348 g/mol. The van der Waals surface area contributed by atoms with Crippen LogP contribution in [0.3, 0.4) is 0 Å². The molecule has 2 aromatic rings. The zero-order chi connectivity index (χ0) is 20.2. The monoisotopic (exact) mass is 372 g/mol. The number of nitrogens with one attached hydrogen (secondary N) is 2. The molecule has 2 aromatic carbocycles. The van der Waals surface area contributed by atoms with Crippen LogP contribution in [-0.2, 0) is 9.53 Å². The molecule has 0 heterocycles. The molecule has 0 unspecified atom stereocenters. The first-order chi connectivity index (χ1) is 12.6. The lowest BCUT2D eigenvalue weighted by atomic mass is 10.0. The molecule has 3 amide bonds. The summed E-state index contributed by atoms with van der Waals surface area (Å²) in [7, 11) is 1.55. The van der Waals surface area contributed by atoms with E-state index in [-0.39, 0.29) is 0 Å². The average Bonchev–Trinajstić information content (AvgIpc) is 2.58. The number of carbonyl (C=O) groups excluding carboxylic acids is 3. The van der Waals surface area contributed by atoms with E-state index in [1.165, 1.54) is 6.92 Å². The lowest BCUT2D eigenvalue weighted by Crippen LogP contribution is -2.50. The second-order valence-electron chi connectivity index (χ2n) is 7.10. The Morgan fingerprint density at radius 2 is 1.63 bits per heavy atom. The Kier molecular flexibility index (Phi) is 6.05. The number of hydrogen-bond donors (Lipinski definition) is 2. The summed E-state index contributed by atoms with van der Waals surface area (Å²) < 4.78 is 10.5. The minimum absolute atomic E-state index is 0.310. The maximum absolute atomic E-state index is 12.5. The molecule has 7 heteroatoms. The number of rotatable bonds is 4. The number of ether oxygens (including phenoxy) is 2. The molecule has 7 nitrogen and oxygen atoms in total. The van der Waals surface area contributed by atoms with Crippen molar-refractivity contribution in [2.75, 3.05) is 7.11 Å². The van der Waals surface area contributed by atoms with Crippen LogP contribution in [0.2, 0.25) is 0 Å². The number of benzene rings is 2. The van der Waals surface area contributed by atoms with E-state index in [1.54, 1.807) is 52.1 Å². The topological polar surface area (TPSA) is 93.7 Å². The highest BCUT2D eigenvalue weighted by Gasteiger charge is 2.23. The predicted molar refractivity (Wildman–Crippen MR) is 102 cm³/mol. The lowest BCUT2D eigenvalue weighted by Gasteiger charge is -2.21. The maximum atomic E-state index is 12.5. The van der Waals surface area contributed by atoms with Crippen LogP contribution in [0.15, 0.2) is 36.4 Å². The van der Waals surface area contributed by atoms with Crippen LogP contribution in [0.25, 0.3) is 10.8 Å². The normalized spacial score (nSPS) is 12.2. The van der Waals surface area contributed by atoms with Crippen LogP contribution in [0.5, 0.6) is 5.75 Å². The van der Waals surface area contributed by atoms with Gasteiger partial charge < -0.3 is 14.8 Å². The fourth-order valence-electron chi connectivity index (χ4n) is 2.49. The van der Waals surface area contributed by atoms with Crippen molar-refractivity contribution in [3.8, 4) is 5.75 Å². The number of esters is 1. The van der Waals surface area contributed by atoms with E-state index >= 15 is 0 Å². The summed E-state index contributed by atoms with van der Waals surface area (Å²) in [5, 5.41) is 6.18. The largest absolute Gasteiger partial charge is 0.496 e. The van der Waals surface area contributed by atoms with Gasteiger partial charge in [0.05, 0.1) is 12.7 Å². The van der Waals surface area contributed by atoms with Gasteiger partial charge in [-0.2, -0.15) is 0 Å². The van der Waals surface area contributed by atoms with Crippen molar-refractivity contribution in [3.63, 3.8) is 0 Å². The highest BCUT2D eigenvalue weighted by molar-refractivity contribution is 6.07. The third kappa shape index (κ3) is 5.20. The van der Waals surface area contributed by atoms with Gasteiger partial charge in [0.15, 0.2) is 6.10 Å². The molecule has 0 aliphatic heterocycles. The zero-order valence-corrected chi connectivity index (χ0v) is 16.1. The Bertz CT molecular complexity index is 870. The summed E-state index contributed by atoms with van der Waals surface area (Å²) >= 11 is 0. The van der Waals surface area contributed by atoms with Gasteiger partial charge in [0.25, 0.3) is 5.91 Å². The minimum atomic E-state index is -1.14. The molecule has 144 valence electrons. The number of methoxy groups -OCH3 is 1. The highest BCUT2D eigenvalue weighted by Crippen LogP contribution is 2.28. The molecule has 1 atom stereocenters. The second-order valence-corrected chi connectivity index (χ2v) is 7.10. The van der Waals surface area contributed by atoms with Gasteiger partial charge in [-0.05, 0) is 45.2 Å². The molecule has 27 heavy (non-hydrogen) atoms. The first-order valence-corrected chi connectivity index (χ1v) is 8.52. The summed E-state index contributed by atoms with van der Waals surface area (Å²) in [6, 6.07) is 9.84. The quantitative estimate of drug-likeness (QED) is 0.805. The molecule has 0 saturated heterocycles. The summed E-state index contributed by atoms with van der Waals surface area (Å²) in [4.78, 5) is 36.4. The minimum Gasteiger partial charge on any atom is -0.496 e. The van der Waals surface area contributed by atoms with E-state index in [2.05, 4.69) is 10.6 Å². The fraction of sp³-hybridized carbons (Fsp3) is 0.350. The Hall–Kier alpha value is -3.09. The van der Waals surface area contributed by atoms with Gasteiger partial charge in [-0.3, -0.25) is 10.1 Å². The first kappa shape index (κ1) is 20.2. The molecule has 0 aliphatic rings. The summed E-state index contributed by atoms with van der Waals surface area (Å²) in [6.07, 6.45) is -1.14. The van der Waals surface area contributed by atoms with Gasteiger partial charge >= 0.3 is 12.0 Å². The van der Waals surface area contributed by atoms with Gasteiger partial charge in [0, 0.05) is 10.9 Å². The summed E-state index contributed by atoms with van der Waals surface area (Å²) in [6.45, 7) is 6.77. The number of carbonyl (C=O) groups is 3. The summed E-state index contributed by atoms with van der Waals surface area (Å²) in [5.41, 5.74) is -0.183. The fourth-order valence-corrected chi connectivity index (χ4v) is 2.49. The van der Waals surface area contributed by atoms with Crippen molar-refractivity contribution >= 4 is 28.7 Å². The molecule has 0 spiro atoms. The van der Waals surface area contributed by atoms with Gasteiger partial charge in [-0.15, -0.1) is 0 Å². The molecule has 0 aromatic heterocycles. The molecule has 2 rings (SSSR count). The third-order valence-electron chi connectivity index (χ3n) is 3.70. The molecule has 2 N–H and O–H groups in total. The molecule has 0 aliphatic carbocycles. The molecule has 0 saturated carbocycles. The van der Waals surface area contributed by atoms with E-state index in [0.29, 0.717) is 16.7 Å². The zero-order valence-electron chi connectivity index (χ0n) is 16.1. The van der Waals surface area contributed by atoms with Crippen LogP contribution < -0.4 is 15.4 Å². The van der Waals surface area contributed by atoms with Gasteiger partial charge in [-0.1, -0.05) is 24.3 Å². The molecule has 0 fully saturated rings. The van der Waals surface area contributed by atoms with Gasteiger partial charge in [0.2, 0.25) is 0 Å². The molecular formula is C20H24N2O5. The smallest absolute Gasteiger partial charge is 0.339 e. The molecule has 0 radical (unpaired) electrons. The van der Waals surface area contributed by atoms with Crippen LogP contribution in [0, 0.1) is 0 Å². The van der Waals surface area contributed by atoms with E-state index < -0.39 is 29.6 Å². The average molecular weight is 372 g/mol. The van der Waals surface area contributed by atoms with E-state index in [4.69, 9.17) is 9.47 Å². The number of fused-ring (bicyclic) bond motifs is 1. The number of hydrogen-bond acceptors (Lipinski definition) is 5. The van der Waals surface area contributed by atoms with Crippen molar-refractivity contribution in [1.82, 2.24) is 10.6 Å². The standard InChI is InChI=1S/C20H24N2O5/c1-12(17(23)21-19(25)22-20(2,3)4)27-18(24)15-10-11-16(26-5)14-9-7-6-8-13(14)15/h6-12H,1-5H3,(H2,21,22,23,25)/t12-/m0/s1. The Balaban J connectivity index is 2.12. The Morgan fingerprint density at radius 1 is 1.00 bits per heavy atom. The van der Waals surface area contributed by atoms with E-state index in [9.17, 15) is 14.4 Å². The number of imide groups is 1. The van der Waals surface area contributed by atoms with Crippen molar-refractivity contribution in [2.24, 2.45) is 0 Å². The Labute approximate surface area is 158 Å². The van der Waals surface area contributed by atoms with Gasteiger partial charge in [0.1, 0.15) is 5.75 Å². The van der Waals surface area contributed by atoms with Crippen molar-refractivity contribution in [3.05, 3.63) is 42.0 Å². The second kappa shape index (κ2) is 8.07. The van der Waals surface area contributed by atoms with Gasteiger partial charge in [-0.25, -0.2) is 9.59 Å². The lowest BCUT2D eigenvalue weighted by molar-refractivity contribution is -0.127. The highest BCUT2D eigenvalue weighted by atomic mass is 16.5. The van der Waals surface area contributed by atoms with Crippen LogP contribution in [-0.4, -0.2) is 36.7 Å². The van der Waals surface area contributed by atoms with Crippen LogP contribution in [0.4, 0.5) is 4.79 Å². The van der Waals surface area contributed by atoms with Crippen molar-refractivity contribution < 1.29 is 23.9 Å². The van der Waals surface area contributed by atoms with Crippen molar-refractivity contribution in [2.45, 2.75) is 39.3 Å². The molecule has 0 bridgehead atoms. The predicted octanol–water partition coefficient (Wildman–Crippen LogP) is 3.02.